The Labute approximate surface area is 177 Å². The SMILES string of the molecule is COc1ccc(N2C(=O)C[C@]2(C(=O)NC2CCCC2)/C(C)=C/c2ccccc2)cc1. The number of hydrogen-bond acceptors (Lipinski definition) is 3. The molecule has 5 nitrogen and oxygen atoms in total. The van der Waals surface area contributed by atoms with Gasteiger partial charge in [0, 0.05) is 11.7 Å². The highest BCUT2D eigenvalue weighted by atomic mass is 16.5. The van der Waals surface area contributed by atoms with Crippen LogP contribution in [0.4, 0.5) is 5.69 Å². The van der Waals surface area contributed by atoms with Crippen LogP contribution in [0.2, 0.25) is 0 Å². The van der Waals surface area contributed by atoms with Gasteiger partial charge in [-0.3, -0.25) is 14.5 Å². The summed E-state index contributed by atoms with van der Waals surface area (Å²) in [6.45, 7) is 1.95. The highest BCUT2D eigenvalue weighted by Gasteiger charge is 2.58. The number of benzene rings is 2. The van der Waals surface area contributed by atoms with E-state index in [1.807, 2.05) is 67.6 Å². The lowest BCUT2D eigenvalue weighted by Gasteiger charge is -2.51. The van der Waals surface area contributed by atoms with Crippen molar-refractivity contribution in [1.82, 2.24) is 5.32 Å². The zero-order chi connectivity index (χ0) is 21.1. The molecule has 0 spiro atoms. The summed E-state index contributed by atoms with van der Waals surface area (Å²) in [5.74, 6) is 0.571. The molecule has 4 rings (SSSR count). The summed E-state index contributed by atoms with van der Waals surface area (Å²) in [6.07, 6.45) is 6.46. The van der Waals surface area contributed by atoms with Crippen LogP contribution in [-0.4, -0.2) is 30.5 Å². The van der Waals surface area contributed by atoms with E-state index in [0.717, 1.165) is 36.8 Å². The Hall–Kier alpha value is -3.08. The van der Waals surface area contributed by atoms with Gasteiger partial charge in [0.15, 0.2) is 5.54 Å². The lowest BCUT2D eigenvalue weighted by molar-refractivity contribution is -0.138. The third kappa shape index (κ3) is 3.60. The number of anilines is 1. The van der Waals surface area contributed by atoms with Gasteiger partial charge in [-0.15, -0.1) is 0 Å². The molecule has 1 saturated carbocycles. The second kappa shape index (κ2) is 8.34. The van der Waals surface area contributed by atoms with Crippen molar-refractivity contribution < 1.29 is 14.3 Å². The summed E-state index contributed by atoms with van der Waals surface area (Å²) in [6, 6.07) is 17.4. The molecule has 0 unspecified atom stereocenters. The minimum Gasteiger partial charge on any atom is -0.497 e. The van der Waals surface area contributed by atoms with Gasteiger partial charge in [0.25, 0.3) is 5.91 Å². The van der Waals surface area contributed by atoms with Crippen molar-refractivity contribution in [1.29, 1.82) is 0 Å². The summed E-state index contributed by atoms with van der Waals surface area (Å²) in [5, 5.41) is 3.23. The Morgan fingerprint density at radius 1 is 1.10 bits per heavy atom. The Morgan fingerprint density at radius 3 is 2.37 bits per heavy atom. The van der Waals surface area contributed by atoms with Crippen LogP contribution in [0.5, 0.6) is 5.75 Å². The van der Waals surface area contributed by atoms with Crippen LogP contribution in [0.1, 0.15) is 44.6 Å². The molecule has 1 atom stereocenters. The van der Waals surface area contributed by atoms with Crippen LogP contribution in [0.15, 0.2) is 60.2 Å². The second-order valence-electron chi connectivity index (χ2n) is 8.16. The molecule has 0 aromatic heterocycles. The fourth-order valence-corrected chi connectivity index (χ4v) is 4.56. The van der Waals surface area contributed by atoms with E-state index >= 15 is 0 Å². The Kier molecular flexibility index (Phi) is 5.62. The number of carbonyl (C=O) groups is 2. The van der Waals surface area contributed by atoms with E-state index in [1.165, 1.54) is 0 Å². The molecule has 2 aliphatic rings. The lowest BCUT2D eigenvalue weighted by Crippen LogP contribution is -2.72. The fourth-order valence-electron chi connectivity index (χ4n) is 4.56. The quantitative estimate of drug-likeness (QED) is 0.729. The molecule has 1 N–H and O–H groups in total. The largest absolute Gasteiger partial charge is 0.497 e. The molecule has 156 valence electrons. The van der Waals surface area contributed by atoms with Crippen molar-refractivity contribution in [2.45, 2.75) is 50.6 Å². The van der Waals surface area contributed by atoms with Gasteiger partial charge < -0.3 is 10.1 Å². The van der Waals surface area contributed by atoms with Gasteiger partial charge >= 0.3 is 0 Å². The highest BCUT2D eigenvalue weighted by Crippen LogP contribution is 2.43. The Bertz CT molecular complexity index is 946. The predicted molar refractivity (Wildman–Crippen MR) is 118 cm³/mol. The number of β-lactam (4-membered cyclic amide) rings is 1. The first-order valence-electron chi connectivity index (χ1n) is 10.6. The van der Waals surface area contributed by atoms with Gasteiger partial charge in [-0.25, -0.2) is 0 Å². The molecule has 2 amide bonds. The second-order valence-corrected chi connectivity index (χ2v) is 8.16. The third-order valence-corrected chi connectivity index (χ3v) is 6.27. The average Bonchev–Trinajstić information content (AvgIpc) is 3.25. The van der Waals surface area contributed by atoms with Crippen LogP contribution in [0.25, 0.3) is 6.08 Å². The molecule has 30 heavy (non-hydrogen) atoms. The van der Waals surface area contributed by atoms with E-state index in [4.69, 9.17) is 4.74 Å². The molecule has 2 fully saturated rings. The number of nitrogens with zero attached hydrogens (tertiary/aromatic N) is 1. The topological polar surface area (TPSA) is 58.6 Å². The third-order valence-electron chi connectivity index (χ3n) is 6.27. The monoisotopic (exact) mass is 404 g/mol. The molecule has 1 aliphatic heterocycles. The fraction of sp³-hybridized carbons (Fsp3) is 0.360. The highest BCUT2D eigenvalue weighted by molar-refractivity contribution is 6.16. The number of amides is 2. The van der Waals surface area contributed by atoms with Crippen LogP contribution in [0.3, 0.4) is 0 Å². The smallest absolute Gasteiger partial charge is 0.251 e. The molecule has 1 heterocycles. The van der Waals surface area contributed by atoms with Gasteiger partial charge in [-0.05, 0) is 55.2 Å². The predicted octanol–water partition coefficient (Wildman–Crippen LogP) is 4.33. The molecule has 0 radical (unpaired) electrons. The van der Waals surface area contributed by atoms with Crippen molar-refractivity contribution in [2.75, 3.05) is 12.0 Å². The molecule has 1 aliphatic carbocycles. The molecule has 2 aromatic carbocycles. The Morgan fingerprint density at radius 2 is 1.77 bits per heavy atom. The maximum atomic E-state index is 13.6. The molecule has 1 saturated heterocycles. The molecule has 5 heteroatoms. The number of ether oxygens (including phenoxy) is 1. The summed E-state index contributed by atoms with van der Waals surface area (Å²) in [7, 11) is 1.61. The lowest BCUT2D eigenvalue weighted by atomic mass is 9.75. The van der Waals surface area contributed by atoms with Crippen LogP contribution < -0.4 is 15.0 Å². The van der Waals surface area contributed by atoms with Crippen molar-refractivity contribution in [3.05, 3.63) is 65.7 Å². The number of methoxy groups -OCH3 is 1. The zero-order valence-corrected chi connectivity index (χ0v) is 17.6. The van der Waals surface area contributed by atoms with Gasteiger partial charge in [0.05, 0.1) is 13.5 Å². The summed E-state index contributed by atoms with van der Waals surface area (Å²) < 4.78 is 5.25. The van der Waals surface area contributed by atoms with Crippen molar-refractivity contribution in [3.8, 4) is 5.75 Å². The molecule has 2 aromatic rings. The van der Waals surface area contributed by atoms with Gasteiger partial charge in [0.2, 0.25) is 5.91 Å². The van der Waals surface area contributed by atoms with E-state index in [1.54, 1.807) is 12.0 Å². The van der Waals surface area contributed by atoms with E-state index in [-0.39, 0.29) is 24.3 Å². The van der Waals surface area contributed by atoms with E-state index in [0.29, 0.717) is 11.4 Å². The number of carbonyl (C=O) groups excluding carboxylic acids is 2. The summed E-state index contributed by atoms with van der Waals surface area (Å²) in [5.41, 5.74) is 1.57. The minimum absolute atomic E-state index is 0.0532. The number of hydrogen-bond donors (Lipinski definition) is 1. The molecular formula is C25H28N2O3. The normalized spacial score (nSPS) is 22.0. The van der Waals surface area contributed by atoms with Gasteiger partial charge in [-0.1, -0.05) is 49.2 Å². The molecule has 0 bridgehead atoms. The first-order valence-corrected chi connectivity index (χ1v) is 10.6. The van der Waals surface area contributed by atoms with Gasteiger partial charge in [-0.2, -0.15) is 0 Å². The van der Waals surface area contributed by atoms with Crippen molar-refractivity contribution in [2.24, 2.45) is 0 Å². The van der Waals surface area contributed by atoms with E-state index in [2.05, 4.69) is 5.32 Å². The van der Waals surface area contributed by atoms with Crippen LogP contribution in [-0.2, 0) is 9.59 Å². The standard InChI is InChI=1S/C25H28N2O3/c1-18(16-19-8-4-3-5-9-19)25(24(29)26-20-10-6-7-11-20)17-23(28)27(25)21-12-14-22(30-2)15-13-21/h3-5,8-9,12-16,20H,6-7,10-11,17H2,1-2H3,(H,26,29)/b18-16+/t25-/m1/s1. The van der Waals surface area contributed by atoms with E-state index in [9.17, 15) is 9.59 Å². The van der Waals surface area contributed by atoms with Crippen LogP contribution in [0, 0.1) is 0 Å². The number of rotatable bonds is 6. The first kappa shape index (κ1) is 20.2. The van der Waals surface area contributed by atoms with E-state index < -0.39 is 5.54 Å². The summed E-state index contributed by atoms with van der Waals surface area (Å²) >= 11 is 0. The molecular weight excluding hydrogens is 376 g/mol. The van der Waals surface area contributed by atoms with Gasteiger partial charge in [0.1, 0.15) is 5.75 Å². The zero-order valence-electron chi connectivity index (χ0n) is 17.6. The maximum absolute atomic E-state index is 13.6. The minimum atomic E-state index is -1.01. The Balaban J connectivity index is 1.73. The average molecular weight is 405 g/mol. The summed E-state index contributed by atoms with van der Waals surface area (Å²) in [4.78, 5) is 28.0. The number of nitrogens with one attached hydrogen (secondary N) is 1. The van der Waals surface area contributed by atoms with Crippen molar-refractivity contribution in [3.63, 3.8) is 0 Å². The first-order chi connectivity index (χ1) is 14.5. The van der Waals surface area contributed by atoms with Crippen molar-refractivity contribution >= 4 is 23.6 Å². The van der Waals surface area contributed by atoms with Crippen LogP contribution >= 0.6 is 0 Å². The maximum Gasteiger partial charge on any atom is 0.251 e.